The molecule has 0 atom stereocenters. The van der Waals surface area contributed by atoms with Gasteiger partial charge in [0.25, 0.3) is 0 Å². The van der Waals surface area contributed by atoms with Crippen molar-refractivity contribution in [3.05, 3.63) is 54.4 Å². The summed E-state index contributed by atoms with van der Waals surface area (Å²) in [7, 11) is 0. The van der Waals surface area contributed by atoms with Crippen LogP contribution in [-0.4, -0.2) is 24.9 Å². The van der Waals surface area contributed by atoms with E-state index in [2.05, 4.69) is 15.1 Å². The fourth-order valence-electron chi connectivity index (χ4n) is 2.37. The molecule has 1 aromatic carbocycles. The Morgan fingerprint density at radius 3 is 2.45 bits per heavy atom. The lowest BCUT2D eigenvalue weighted by Gasteiger charge is -2.06. The van der Waals surface area contributed by atoms with Crippen LogP contribution in [0, 0.1) is 13.8 Å². The minimum Gasteiger partial charge on any atom is -0.507 e. The molecule has 0 aliphatic rings. The summed E-state index contributed by atoms with van der Waals surface area (Å²) in [5.41, 5.74) is 4.32. The Labute approximate surface area is 116 Å². The molecule has 2 heterocycles. The van der Waals surface area contributed by atoms with E-state index in [4.69, 9.17) is 0 Å². The van der Waals surface area contributed by atoms with Crippen molar-refractivity contribution in [3.8, 4) is 22.6 Å². The van der Waals surface area contributed by atoms with Crippen LogP contribution < -0.4 is 0 Å². The molecule has 0 amide bonds. The predicted molar refractivity (Wildman–Crippen MR) is 75.7 cm³/mol. The minimum absolute atomic E-state index is 0.252. The molecule has 20 heavy (non-hydrogen) atoms. The summed E-state index contributed by atoms with van der Waals surface area (Å²) in [5.74, 6) is 0.252. The number of phenolic OH excluding ortho intramolecular Hbond substituents is 1. The van der Waals surface area contributed by atoms with Gasteiger partial charge in [0, 0.05) is 16.8 Å². The third-order valence-corrected chi connectivity index (χ3v) is 3.26. The summed E-state index contributed by atoms with van der Waals surface area (Å²) >= 11 is 0. The molecular formula is C15H14N4O. The van der Waals surface area contributed by atoms with Gasteiger partial charge < -0.3 is 5.11 Å². The summed E-state index contributed by atoms with van der Waals surface area (Å²) in [4.78, 5) is 8.02. The minimum atomic E-state index is 0.252. The van der Waals surface area contributed by atoms with Gasteiger partial charge in [0.2, 0.25) is 0 Å². The Bertz CT molecular complexity index is 750. The standard InChI is InChI=1S/C15H14N4O/c1-10-15(13-5-3-4-6-14(13)20)11(2)19(18-10)12-7-16-9-17-8-12/h3-9,20H,1-2H3. The zero-order valence-electron chi connectivity index (χ0n) is 11.3. The molecule has 3 aromatic rings. The van der Waals surface area contributed by atoms with E-state index in [-0.39, 0.29) is 5.75 Å². The van der Waals surface area contributed by atoms with E-state index in [0.29, 0.717) is 0 Å². The maximum Gasteiger partial charge on any atom is 0.123 e. The van der Waals surface area contributed by atoms with Crippen molar-refractivity contribution < 1.29 is 5.11 Å². The van der Waals surface area contributed by atoms with Crippen molar-refractivity contribution in [3.63, 3.8) is 0 Å². The molecule has 5 heteroatoms. The highest BCUT2D eigenvalue weighted by atomic mass is 16.3. The second-order valence-corrected chi connectivity index (χ2v) is 4.57. The molecule has 0 fully saturated rings. The number of aromatic nitrogens is 4. The summed E-state index contributed by atoms with van der Waals surface area (Å²) in [6, 6.07) is 7.27. The monoisotopic (exact) mass is 266 g/mol. The van der Waals surface area contributed by atoms with Crippen LogP contribution in [0.5, 0.6) is 5.75 Å². The van der Waals surface area contributed by atoms with Crippen molar-refractivity contribution in [2.24, 2.45) is 0 Å². The first kappa shape index (κ1) is 12.3. The number of hydrogen-bond acceptors (Lipinski definition) is 4. The van der Waals surface area contributed by atoms with Gasteiger partial charge in [0.1, 0.15) is 17.8 Å². The van der Waals surface area contributed by atoms with Crippen LogP contribution in [0.2, 0.25) is 0 Å². The molecule has 0 bridgehead atoms. The average Bonchev–Trinajstić information content (AvgIpc) is 2.76. The zero-order valence-corrected chi connectivity index (χ0v) is 11.3. The number of benzene rings is 1. The molecule has 0 unspecified atom stereocenters. The molecule has 100 valence electrons. The predicted octanol–water partition coefficient (Wildman–Crippen LogP) is 2.65. The van der Waals surface area contributed by atoms with Gasteiger partial charge in [-0.15, -0.1) is 0 Å². The second-order valence-electron chi connectivity index (χ2n) is 4.57. The van der Waals surface area contributed by atoms with Crippen molar-refractivity contribution >= 4 is 0 Å². The SMILES string of the molecule is Cc1nn(-c2cncnc2)c(C)c1-c1ccccc1O. The van der Waals surface area contributed by atoms with Gasteiger partial charge in [-0.1, -0.05) is 18.2 Å². The molecular weight excluding hydrogens is 252 g/mol. The lowest BCUT2D eigenvalue weighted by Crippen LogP contribution is -2.00. The summed E-state index contributed by atoms with van der Waals surface area (Å²) in [6.07, 6.45) is 4.90. The Kier molecular flexibility index (Phi) is 2.95. The van der Waals surface area contributed by atoms with E-state index < -0.39 is 0 Å². The number of phenols is 1. The maximum atomic E-state index is 10.0. The third kappa shape index (κ3) is 1.93. The Balaban J connectivity index is 2.20. The smallest absolute Gasteiger partial charge is 0.123 e. The van der Waals surface area contributed by atoms with E-state index in [1.165, 1.54) is 6.33 Å². The van der Waals surface area contributed by atoms with E-state index in [1.807, 2.05) is 26.0 Å². The first-order chi connectivity index (χ1) is 9.68. The van der Waals surface area contributed by atoms with Gasteiger partial charge in [0.15, 0.2) is 0 Å². The summed E-state index contributed by atoms with van der Waals surface area (Å²) in [5, 5.41) is 14.6. The summed E-state index contributed by atoms with van der Waals surface area (Å²) in [6.45, 7) is 3.89. The topological polar surface area (TPSA) is 63.8 Å². The molecule has 0 spiro atoms. The van der Waals surface area contributed by atoms with Gasteiger partial charge in [-0.3, -0.25) is 0 Å². The molecule has 0 aliphatic carbocycles. The lowest BCUT2D eigenvalue weighted by molar-refractivity contribution is 0.477. The number of para-hydroxylation sites is 1. The molecule has 5 nitrogen and oxygen atoms in total. The first-order valence-electron chi connectivity index (χ1n) is 6.28. The largest absolute Gasteiger partial charge is 0.507 e. The number of aryl methyl sites for hydroxylation is 1. The van der Waals surface area contributed by atoms with Crippen molar-refractivity contribution in [1.29, 1.82) is 0 Å². The number of aromatic hydroxyl groups is 1. The average molecular weight is 266 g/mol. The molecule has 0 aliphatic heterocycles. The van der Waals surface area contributed by atoms with Crippen LogP contribution in [0.4, 0.5) is 0 Å². The molecule has 0 radical (unpaired) electrons. The van der Waals surface area contributed by atoms with Crippen LogP contribution >= 0.6 is 0 Å². The van der Waals surface area contributed by atoms with Crippen LogP contribution in [0.15, 0.2) is 43.0 Å². The highest BCUT2D eigenvalue weighted by Gasteiger charge is 2.16. The third-order valence-electron chi connectivity index (χ3n) is 3.26. The Morgan fingerprint density at radius 2 is 1.75 bits per heavy atom. The van der Waals surface area contributed by atoms with Gasteiger partial charge in [-0.25, -0.2) is 14.6 Å². The van der Waals surface area contributed by atoms with E-state index in [1.54, 1.807) is 29.2 Å². The summed E-state index contributed by atoms with van der Waals surface area (Å²) < 4.78 is 1.79. The second kappa shape index (κ2) is 4.77. The Morgan fingerprint density at radius 1 is 1.05 bits per heavy atom. The molecule has 0 saturated carbocycles. The van der Waals surface area contributed by atoms with E-state index >= 15 is 0 Å². The molecule has 3 rings (SSSR count). The normalized spacial score (nSPS) is 10.7. The van der Waals surface area contributed by atoms with Crippen molar-refractivity contribution in [2.45, 2.75) is 13.8 Å². The maximum absolute atomic E-state index is 10.0. The van der Waals surface area contributed by atoms with Gasteiger partial charge in [-0.05, 0) is 19.9 Å². The van der Waals surface area contributed by atoms with Crippen LogP contribution in [0.3, 0.4) is 0 Å². The number of hydrogen-bond donors (Lipinski definition) is 1. The van der Waals surface area contributed by atoms with E-state index in [0.717, 1.165) is 28.2 Å². The quantitative estimate of drug-likeness (QED) is 0.774. The van der Waals surface area contributed by atoms with Crippen LogP contribution in [0.25, 0.3) is 16.8 Å². The van der Waals surface area contributed by atoms with Gasteiger partial charge >= 0.3 is 0 Å². The highest BCUT2D eigenvalue weighted by Crippen LogP contribution is 2.34. The fraction of sp³-hybridized carbons (Fsp3) is 0.133. The van der Waals surface area contributed by atoms with Gasteiger partial charge in [-0.2, -0.15) is 5.10 Å². The zero-order chi connectivity index (χ0) is 14.1. The molecule has 2 aromatic heterocycles. The van der Waals surface area contributed by atoms with Crippen molar-refractivity contribution in [2.75, 3.05) is 0 Å². The lowest BCUT2D eigenvalue weighted by atomic mass is 10.0. The van der Waals surface area contributed by atoms with Gasteiger partial charge in [0.05, 0.1) is 18.1 Å². The Hall–Kier alpha value is -2.69. The fourth-order valence-corrected chi connectivity index (χ4v) is 2.37. The van der Waals surface area contributed by atoms with Crippen LogP contribution in [-0.2, 0) is 0 Å². The number of nitrogens with zero attached hydrogens (tertiary/aromatic N) is 4. The van der Waals surface area contributed by atoms with Crippen LogP contribution in [0.1, 0.15) is 11.4 Å². The van der Waals surface area contributed by atoms with Crippen molar-refractivity contribution in [1.82, 2.24) is 19.7 Å². The first-order valence-corrected chi connectivity index (χ1v) is 6.28. The molecule has 1 N–H and O–H groups in total. The highest BCUT2D eigenvalue weighted by molar-refractivity contribution is 5.74. The number of rotatable bonds is 2. The molecule has 0 saturated heterocycles. The van der Waals surface area contributed by atoms with E-state index in [9.17, 15) is 5.11 Å².